The molecular weight excluding hydrogens is 989 g/mol. The first-order valence-electron chi connectivity index (χ1n) is 31.2. The largest absolute Gasteiger partial charge is 0.493 e. The van der Waals surface area contributed by atoms with E-state index in [4.69, 9.17) is 37.9 Å². The van der Waals surface area contributed by atoms with Gasteiger partial charge in [-0.05, 0) is 186 Å². The molecule has 3 aromatic rings. The lowest BCUT2D eigenvalue weighted by Gasteiger charge is -2.13. The summed E-state index contributed by atoms with van der Waals surface area (Å²) in [6.07, 6.45) is 18.2. The second-order valence-electron chi connectivity index (χ2n) is 24.5. The van der Waals surface area contributed by atoms with Gasteiger partial charge in [0.05, 0.1) is 58.4 Å². The maximum absolute atomic E-state index is 11.2. The van der Waals surface area contributed by atoms with E-state index in [9.17, 15) is 9.90 Å². The fourth-order valence-corrected chi connectivity index (χ4v) is 7.79. The number of rotatable bonds is 42. The molecule has 0 spiro atoms. The van der Waals surface area contributed by atoms with Crippen molar-refractivity contribution in [3.63, 3.8) is 0 Å². The number of aromatic carboxylic acids is 1. The van der Waals surface area contributed by atoms with Gasteiger partial charge in [0.25, 0.3) is 0 Å². The molecule has 0 aliphatic rings. The first kappa shape index (κ1) is 74.8. The smallest absolute Gasteiger partial charge is 0.335 e. The number of hydrogen-bond acceptors (Lipinski definition) is 9. The van der Waals surface area contributed by atoms with Crippen molar-refractivity contribution in [1.29, 1.82) is 0 Å². The van der Waals surface area contributed by atoms with Crippen LogP contribution in [-0.2, 0) is 9.47 Å². The molecule has 3 rings (SSSR count). The molecule has 0 aliphatic carbocycles. The van der Waals surface area contributed by atoms with Gasteiger partial charge in [-0.3, -0.25) is 0 Å². The molecule has 0 amide bonds. The topological polar surface area (TPSA) is 111 Å². The van der Waals surface area contributed by atoms with Gasteiger partial charge in [0, 0.05) is 25.3 Å². The molecule has 0 aliphatic heterocycles. The van der Waals surface area contributed by atoms with E-state index in [1.807, 2.05) is 48.5 Å². The summed E-state index contributed by atoms with van der Waals surface area (Å²) in [5.74, 6) is 9.56. The third-order valence-electron chi connectivity index (χ3n) is 12.4. The lowest BCUT2D eigenvalue weighted by Crippen LogP contribution is -2.07. The minimum absolute atomic E-state index is 0.199. The van der Waals surface area contributed by atoms with Crippen molar-refractivity contribution >= 4 is 5.97 Å². The van der Waals surface area contributed by atoms with Crippen LogP contribution in [-0.4, -0.2) is 77.1 Å². The zero-order valence-corrected chi connectivity index (χ0v) is 53.5. The predicted molar refractivity (Wildman–Crippen MR) is 333 cm³/mol. The first-order chi connectivity index (χ1) is 37.7. The highest BCUT2D eigenvalue weighted by Gasteiger charge is 2.10. The Kier molecular flexibility index (Phi) is 47.0. The Morgan fingerprint density at radius 1 is 0.316 bits per heavy atom. The van der Waals surface area contributed by atoms with E-state index in [1.54, 1.807) is 18.2 Å². The van der Waals surface area contributed by atoms with Crippen LogP contribution in [0.25, 0.3) is 0 Å². The highest BCUT2D eigenvalue weighted by atomic mass is 16.5. The summed E-state index contributed by atoms with van der Waals surface area (Å²) in [7, 11) is 0. The van der Waals surface area contributed by atoms with Crippen LogP contribution in [0.4, 0.5) is 0 Å². The average molecular weight is 1110 g/mol. The van der Waals surface area contributed by atoms with Crippen molar-refractivity contribution in [2.24, 2.45) is 47.3 Å². The van der Waals surface area contributed by atoms with E-state index in [-0.39, 0.29) is 5.56 Å². The molecule has 0 radical (unpaired) electrons. The van der Waals surface area contributed by atoms with Gasteiger partial charge in [0.2, 0.25) is 0 Å². The Bertz CT molecular complexity index is 1720. The Morgan fingerprint density at radius 2 is 0.570 bits per heavy atom. The predicted octanol–water partition coefficient (Wildman–Crippen LogP) is 19.5. The molecule has 0 saturated carbocycles. The SMILES string of the molecule is CC(C)CCCOCCOCCCC(C)C.CC(C)CCCOc1cc(OCCCC(C)C)cc(C(=O)O)c1.CC(C)CCCOc1cccc(OCCCC(C)C)c1.CC(C)CCCOc1ccccc1OCCCC(C)C. The summed E-state index contributed by atoms with van der Waals surface area (Å²) in [4.78, 5) is 11.2. The van der Waals surface area contributed by atoms with Crippen LogP contribution in [0.5, 0.6) is 34.5 Å². The highest BCUT2D eigenvalue weighted by molar-refractivity contribution is 5.88. The molecule has 0 unspecified atom stereocenters. The van der Waals surface area contributed by atoms with E-state index < -0.39 is 5.97 Å². The van der Waals surface area contributed by atoms with Crippen LogP contribution in [0.1, 0.15) is 224 Å². The van der Waals surface area contributed by atoms with Gasteiger partial charge >= 0.3 is 5.97 Å². The Balaban J connectivity index is 0.00000103. The molecule has 3 aromatic carbocycles. The molecule has 0 saturated heterocycles. The molecule has 0 atom stereocenters. The molecule has 0 aromatic heterocycles. The van der Waals surface area contributed by atoms with E-state index in [2.05, 4.69) is 111 Å². The van der Waals surface area contributed by atoms with Gasteiger partial charge in [-0.1, -0.05) is 129 Å². The monoisotopic (exact) mass is 1110 g/mol. The number of ether oxygens (including phenoxy) is 8. The highest BCUT2D eigenvalue weighted by Crippen LogP contribution is 2.28. The van der Waals surface area contributed by atoms with Gasteiger partial charge in [-0.2, -0.15) is 0 Å². The van der Waals surface area contributed by atoms with E-state index in [0.29, 0.717) is 36.5 Å². The van der Waals surface area contributed by atoms with Crippen molar-refractivity contribution in [2.45, 2.75) is 214 Å². The lowest BCUT2D eigenvalue weighted by atomic mass is 10.1. The van der Waals surface area contributed by atoms with Crippen LogP contribution < -0.4 is 28.4 Å². The van der Waals surface area contributed by atoms with Crippen LogP contribution in [0.3, 0.4) is 0 Å². The summed E-state index contributed by atoms with van der Waals surface area (Å²) in [6, 6.07) is 20.8. The normalized spacial score (nSPS) is 11.2. The maximum Gasteiger partial charge on any atom is 0.335 e. The molecule has 0 bridgehead atoms. The molecule has 1 N–H and O–H groups in total. The summed E-state index contributed by atoms with van der Waals surface area (Å²) in [5, 5.41) is 9.21. The maximum atomic E-state index is 11.2. The second kappa shape index (κ2) is 49.6. The van der Waals surface area contributed by atoms with Crippen molar-refractivity contribution in [1.82, 2.24) is 0 Å². The zero-order valence-electron chi connectivity index (χ0n) is 53.5. The minimum atomic E-state index is -0.968. The molecule has 0 fully saturated rings. The van der Waals surface area contributed by atoms with E-state index in [0.717, 1.165) is 163 Å². The van der Waals surface area contributed by atoms with Crippen LogP contribution in [0.2, 0.25) is 0 Å². The van der Waals surface area contributed by atoms with Crippen molar-refractivity contribution < 1.29 is 47.8 Å². The standard InChI is InChI=1S/C19H30O4.2C18H30O2.C14H30O2/c1-14(2)7-5-9-22-17-11-16(19(20)21)12-18(13-17)23-10-6-8-15(3)4;1-15(2)8-6-12-19-17-10-5-11-18(14-17)20-13-7-9-16(3)4;1-15(2)9-7-13-19-17-11-5-6-12-18(17)20-14-8-10-16(3)4;1-13(2)7-5-9-15-11-12-16-10-6-8-14(3)4/h11-15H,5-10H2,1-4H3,(H,20,21);5,10-11,14-16H,6-9,12-13H2,1-4H3;5-6,11-12,15-16H,7-10,13-14H2,1-4H3;13-14H,5-12H2,1-4H3. The molecule has 79 heavy (non-hydrogen) atoms. The van der Waals surface area contributed by atoms with Gasteiger partial charge in [0.1, 0.15) is 23.0 Å². The van der Waals surface area contributed by atoms with Crippen LogP contribution in [0, 0.1) is 47.3 Å². The van der Waals surface area contributed by atoms with Gasteiger partial charge in [-0.25, -0.2) is 4.79 Å². The molecule has 10 nitrogen and oxygen atoms in total. The zero-order chi connectivity index (χ0) is 59.1. The minimum Gasteiger partial charge on any atom is -0.493 e. The number of para-hydroxylation sites is 2. The van der Waals surface area contributed by atoms with E-state index >= 15 is 0 Å². The molecule has 0 heterocycles. The Labute approximate surface area is 485 Å². The van der Waals surface area contributed by atoms with Crippen molar-refractivity contribution in [2.75, 3.05) is 66.1 Å². The third-order valence-corrected chi connectivity index (χ3v) is 12.4. The summed E-state index contributed by atoms with van der Waals surface area (Å²) >= 11 is 0. The second-order valence-corrected chi connectivity index (χ2v) is 24.5. The van der Waals surface area contributed by atoms with Crippen LogP contribution >= 0.6 is 0 Å². The number of carbonyl (C=O) groups is 1. The Morgan fingerprint density at radius 3 is 0.848 bits per heavy atom. The number of carboxylic acid groups (broad SMARTS) is 1. The average Bonchev–Trinajstić information content (AvgIpc) is 3.38. The summed E-state index contributed by atoms with van der Waals surface area (Å²) in [6.45, 7) is 43.2. The van der Waals surface area contributed by atoms with Crippen molar-refractivity contribution in [3.05, 3.63) is 72.3 Å². The third kappa shape index (κ3) is 49.4. The van der Waals surface area contributed by atoms with Gasteiger partial charge < -0.3 is 43.0 Å². The number of carboxylic acids is 1. The molecular formula is C69H120O10. The molecule has 10 heteroatoms. The van der Waals surface area contributed by atoms with E-state index in [1.165, 1.54) is 51.4 Å². The Hall–Kier alpha value is -4.15. The van der Waals surface area contributed by atoms with Gasteiger partial charge in [0.15, 0.2) is 11.5 Å². The summed E-state index contributed by atoms with van der Waals surface area (Å²) < 4.78 is 45.6. The van der Waals surface area contributed by atoms with Gasteiger partial charge in [-0.15, -0.1) is 0 Å². The number of benzene rings is 3. The fourth-order valence-electron chi connectivity index (χ4n) is 7.79. The summed E-state index contributed by atoms with van der Waals surface area (Å²) in [5.41, 5.74) is 0.199. The first-order valence-corrected chi connectivity index (χ1v) is 31.2. The number of hydrogen-bond donors (Lipinski definition) is 1. The fraction of sp³-hybridized carbons (Fsp3) is 0.725. The lowest BCUT2D eigenvalue weighted by molar-refractivity contribution is 0.0437. The van der Waals surface area contributed by atoms with Crippen LogP contribution in [0.15, 0.2) is 66.7 Å². The van der Waals surface area contributed by atoms with Crippen molar-refractivity contribution in [3.8, 4) is 34.5 Å². The molecule has 456 valence electrons. The quantitative estimate of drug-likeness (QED) is 0.0551.